The van der Waals surface area contributed by atoms with Gasteiger partial charge < -0.3 is 9.72 Å². The van der Waals surface area contributed by atoms with Gasteiger partial charge in [-0.05, 0) is 49.2 Å². The van der Waals surface area contributed by atoms with Crippen molar-refractivity contribution >= 4 is 28.4 Å². The first-order chi connectivity index (χ1) is 12.4. The Kier molecular flexibility index (Phi) is 4.42. The molecule has 1 aromatic heterocycles. The number of nitro groups is 1. The molecule has 0 saturated heterocycles. The largest absolute Gasteiger partial charge is 0.496 e. The van der Waals surface area contributed by atoms with Crippen molar-refractivity contribution in [2.24, 2.45) is 0 Å². The summed E-state index contributed by atoms with van der Waals surface area (Å²) >= 11 is 0. The number of non-ortho nitro benzene ring substituents is 1. The van der Waals surface area contributed by atoms with Crippen molar-refractivity contribution in [2.75, 3.05) is 7.11 Å². The third kappa shape index (κ3) is 3.13. The minimum atomic E-state index is -0.491. The predicted octanol–water partition coefficient (Wildman–Crippen LogP) is 4.16. The number of nitrogens with one attached hydrogen (secondary N) is 1. The number of fused-ring (bicyclic) bond motifs is 1. The molecule has 0 fully saturated rings. The van der Waals surface area contributed by atoms with Crippen LogP contribution in [0.3, 0.4) is 0 Å². The first kappa shape index (κ1) is 17.2. The number of aromatic amines is 1. The molecular formula is C19H16N4O3. The van der Waals surface area contributed by atoms with E-state index in [2.05, 4.69) is 16.0 Å². The Hall–Kier alpha value is -3.66. The average Bonchev–Trinajstić information content (AvgIpc) is 3.02. The highest BCUT2D eigenvalue weighted by Gasteiger charge is 2.14. The number of nitriles is 1. The van der Waals surface area contributed by atoms with Crippen LogP contribution in [0.2, 0.25) is 0 Å². The van der Waals surface area contributed by atoms with Gasteiger partial charge >= 0.3 is 0 Å². The number of allylic oxidation sites excluding steroid dienone is 1. The second-order valence-corrected chi connectivity index (χ2v) is 5.89. The molecular weight excluding hydrogens is 332 g/mol. The summed E-state index contributed by atoms with van der Waals surface area (Å²) in [5.74, 6) is 0.840. The van der Waals surface area contributed by atoms with E-state index < -0.39 is 4.92 Å². The fraction of sp³-hybridized carbons (Fsp3) is 0.158. The van der Waals surface area contributed by atoms with Crippen LogP contribution in [0.15, 0.2) is 30.3 Å². The average molecular weight is 348 g/mol. The Morgan fingerprint density at radius 3 is 2.69 bits per heavy atom. The maximum Gasteiger partial charge on any atom is 0.270 e. The summed E-state index contributed by atoms with van der Waals surface area (Å²) in [7, 11) is 1.47. The molecule has 3 aromatic rings. The third-order valence-corrected chi connectivity index (χ3v) is 4.20. The zero-order valence-electron chi connectivity index (χ0n) is 14.5. The van der Waals surface area contributed by atoms with E-state index in [0.29, 0.717) is 17.1 Å². The van der Waals surface area contributed by atoms with Crippen molar-refractivity contribution in [1.29, 1.82) is 5.26 Å². The van der Waals surface area contributed by atoms with Gasteiger partial charge in [0, 0.05) is 17.7 Å². The van der Waals surface area contributed by atoms with Crippen molar-refractivity contribution in [3.8, 4) is 11.8 Å². The normalized spacial score (nSPS) is 11.4. The minimum Gasteiger partial charge on any atom is -0.496 e. The molecule has 2 aromatic carbocycles. The van der Waals surface area contributed by atoms with Crippen molar-refractivity contribution in [1.82, 2.24) is 9.97 Å². The summed E-state index contributed by atoms with van der Waals surface area (Å²) in [6.07, 6.45) is 1.53. The molecule has 0 spiro atoms. The zero-order chi connectivity index (χ0) is 18.8. The molecule has 0 saturated carbocycles. The summed E-state index contributed by atoms with van der Waals surface area (Å²) in [4.78, 5) is 18.1. The van der Waals surface area contributed by atoms with Gasteiger partial charge in [0.2, 0.25) is 0 Å². The van der Waals surface area contributed by atoms with E-state index in [-0.39, 0.29) is 11.3 Å². The van der Waals surface area contributed by atoms with Crippen LogP contribution in [0.5, 0.6) is 5.75 Å². The molecule has 7 heteroatoms. The lowest BCUT2D eigenvalue weighted by molar-refractivity contribution is -0.384. The number of nitro benzene ring substituents is 1. The molecule has 0 amide bonds. The lowest BCUT2D eigenvalue weighted by Crippen LogP contribution is -1.93. The smallest absolute Gasteiger partial charge is 0.270 e. The lowest BCUT2D eigenvalue weighted by atomic mass is 10.1. The molecule has 130 valence electrons. The number of ether oxygens (including phenoxy) is 1. The standard InChI is InChI=1S/C19H16N4O3/c1-11-6-16-17(7-12(11)2)22-19(21-16)14(10-20)8-13-9-15(23(24)25)4-5-18(13)26-3/h4-9H,1-3H3,(H,21,22)/b14-8+. The van der Waals surface area contributed by atoms with Gasteiger partial charge in [-0.15, -0.1) is 0 Å². The van der Waals surface area contributed by atoms with Crippen LogP contribution in [0.25, 0.3) is 22.7 Å². The number of hydrogen-bond acceptors (Lipinski definition) is 5. The number of aromatic nitrogens is 2. The van der Waals surface area contributed by atoms with Crippen LogP contribution in [-0.4, -0.2) is 22.0 Å². The monoisotopic (exact) mass is 348 g/mol. The SMILES string of the molecule is COc1ccc([N+](=O)[O-])cc1/C=C(\C#N)c1nc2cc(C)c(C)cc2[nH]1. The summed E-state index contributed by atoms with van der Waals surface area (Å²) in [6.45, 7) is 4.00. The van der Waals surface area contributed by atoms with E-state index in [1.54, 1.807) is 0 Å². The van der Waals surface area contributed by atoms with Gasteiger partial charge in [-0.25, -0.2) is 4.98 Å². The molecule has 3 rings (SSSR count). The van der Waals surface area contributed by atoms with Crippen LogP contribution in [-0.2, 0) is 0 Å². The van der Waals surface area contributed by atoms with E-state index in [1.807, 2.05) is 26.0 Å². The maximum atomic E-state index is 11.0. The summed E-state index contributed by atoms with van der Waals surface area (Å²) in [5.41, 5.74) is 4.44. The zero-order valence-corrected chi connectivity index (χ0v) is 14.5. The van der Waals surface area contributed by atoms with Crippen LogP contribution < -0.4 is 4.74 Å². The molecule has 26 heavy (non-hydrogen) atoms. The topological polar surface area (TPSA) is 105 Å². The van der Waals surface area contributed by atoms with E-state index in [0.717, 1.165) is 22.2 Å². The number of benzene rings is 2. The quantitative estimate of drug-likeness (QED) is 0.433. The number of hydrogen-bond donors (Lipinski definition) is 1. The molecule has 0 atom stereocenters. The number of rotatable bonds is 4. The van der Waals surface area contributed by atoms with Crippen molar-refractivity contribution in [2.45, 2.75) is 13.8 Å². The van der Waals surface area contributed by atoms with Gasteiger partial charge in [-0.1, -0.05) is 0 Å². The van der Waals surface area contributed by atoms with E-state index in [4.69, 9.17) is 4.74 Å². The van der Waals surface area contributed by atoms with Crippen molar-refractivity contribution in [3.05, 3.63) is 63.0 Å². The molecule has 0 aliphatic heterocycles. The number of imidazole rings is 1. The highest BCUT2D eigenvalue weighted by molar-refractivity contribution is 5.91. The van der Waals surface area contributed by atoms with E-state index >= 15 is 0 Å². The summed E-state index contributed by atoms with van der Waals surface area (Å²) in [5, 5.41) is 20.6. The van der Waals surface area contributed by atoms with Gasteiger partial charge in [0.05, 0.1) is 28.6 Å². The second-order valence-electron chi connectivity index (χ2n) is 5.89. The van der Waals surface area contributed by atoms with Gasteiger partial charge in [-0.3, -0.25) is 10.1 Å². The molecule has 0 radical (unpaired) electrons. The molecule has 1 heterocycles. The molecule has 0 unspecified atom stereocenters. The lowest BCUT2D eigenvalue weighted by Gasteiger charge is -2.04. The first-order valence-electron chi connectivity index (χ1n) is 7.84. The fourth-order valence-corrected chi connectivity index (χ4v) is 2.65. The van der Waals surface area contributed by atoms with Gasteiger partial charge in [-0.2, -0.15) is 5.26 Å². The predicted molar refractivity (Wildman–Crippen MR) is 98.7 cm³/mol. The fourth-order valence-electron chi connectivity index (χ4n) is 2.65. The van der Waals surface area contributed by atoms with Crippen LogP contribution in [0.1, 0.15) is 22.5 Å². The Morgan fingerprint density at radius 2 is 2.04 bits per heavy atom. The summed E-state index contributed by atoms with van der Waals surface area (Å²) in [6, 6.07) is 10.3. The number of nitrogens with zero attached hydrogens (tertiary/aromatic N) is 3. The minimum absolute atomic E-state index is 0.0785. The molecule has 1 N–H and O–H groups in total. The second kappa shape index (κ2) is 6.69. The molecule has 0 aliphatic carbocycles. The Bertz CT molecular complexity index is 1050. The van der Waals surface area contributed by atoms with Crippen LogP contribution >= 0.6 is 0 Å². The number of H-pyrrole nitrogens is 1. The Labute approximate surface area is 149 Å². The van der Waals surface area contributed by atoms with Gasteiger partial charge in [0.15, 0.2) is 0 Å². The molecule has 0 bridgehead atoms. The maximum absolute atomic E-state index is 11.0. The van der Waals surface area contributed by atoms with Crippen LogP contribution in [0.4, 0.5) is 5.69 Å². The first-order valence-corrected chi connectivity index (χ1v) is 7.84. The number of aryl methyl sites for hydroxylation is 2. The van der Waals surface area contributed by atoms with Crippen molar-refractivity contribution < 1.29 is 9.66 Å². The third-order valence-electron chi connectivity index (χ3n) is 4.20. The Balaban J connectivity index is 2.13. The van der Waals surface area contributed by atoms with E-state index in [9.17, 15) is 15.4 Å². The molecule has 0 aliphatic rings. The highest BCUT2D eigenvalue weighted by Crippen LogP contribution is 2.28. The highest BCUT2D eigenvalue weighted by atomic mass is 16.6. The van der Waals surface area contributed by atoms with Crippen LogP contribution in [0, 0.1) is 35.3 Å². The Morgan fingerprint density at radius 1 is 1.31 bits per heavy atom. The van der Waals surface area contributed by atoms with Gasteiger partial charge in [0.1, 0.15) is 17.6 Å². The number of methoxy groups -OCH3 is 1. The van der Waals surface area contributed by atoms with Gasteiger partial charge in [0.25, 0.3) is 5.69 Å². The summed E-state index contributed by atoms with van der Waals surface area (Å²) < 4.78 is 5.24. The van der Waals surface area contributed by atoms with Crippen molar-refractivity contribution in [3.63, 3.8) is 0 Å². The van der Waals surface area contributed by atoms with E-state index in [1.165, 1.54) is 31.4 Å². The molecule has 7 nitrogen and oxygen atoms in total.